The average Bonchev–Trinajstić information content (AvgIpc) is 3.05. The maximum absolute atomic E-state index is 13.2. The highest BCUT2D eigenvalue weighted by Gasteiger charge is 2.48. The van der Waals surface area contributed by atoms with Crippen molar-refractivity contribution in [3.63, 3.8) is 0 Å². The summed E-state index contributed by atoms with van der Waals surface area (Å²) in [5.41, 5.74) is 4.84. The number of hydrogen-bond acceptors (Lipinski definition) is 3. The van der Waals surface area contributed by atoms with Gasteiger partial charge in [0.2, 0.25) is 0 Å². The minimum Gasteiger partial charge on any atom is -0.448 e. The van der Waals surface area contributed by atoms with Crippen LogP contribution >= 0.6 is 0 Å². The molecule has 0 aromatic heterocycles. The predicted octanol–water partition coefficient (Wildman–Crippen LogP) is 5.26. The zero-order valence-corrected chi connectivity index (χ0v) is 17.5. The lowest BCUT2D eigenvalue weighted by molar-refractivity contribution is -0.0645. The number of carbonyl (C=O) groups excluding carboxylic acids is 1. The summed E-state index contributed by atoms with van der Waals surface area (Å²) in [4.78, 5) is 15.1. The number of hydrogen-bond donors (Lipinski definition) is 1. The zero-order chi connectivity index (χ0) is 20.9. The summed E-state index contributed by atoms with van der Waals surface area (Å²) in [7, 11) is 0. The van der Waals surface area contributed by atoms with E-state index in [1.54, 1.807) is 0 Å². The predicted molar refractivity (Wildman–Crippen MR) is 117 cm³/mol. The lowest BCUT2D eigenvalue weighted by Crippen LogP contribution is -2.60. The fourth-order valence-corrected chi connectivity index (χ4v) is 5.74. The van der Waals surface area contributed by atoms with Crippen LogP contribution in [-0.4, -0.2) is 40.4 Å². The van der Waals surface area contributed by atoms with E-state index in [4.69, 9.17) is 4.74 Å². The molecule has 2 saturated heterocycles. The smallest absolute Gasteiger partial charge is 0.410 e. The summed E-state index contributed by atoms with van der Waals surface area (Å²) >= 11 is 0. The second-order valence-corrected chi connectivity index (χ2v) is 9.17. The molecule has 30 heavy (non-hydrogen) atoms. The first-order valence-corrected chi connectivity index (χ1v) is 11.0. The topological polar surface area (TPSA) is 49.8 Å². The number of carbonyl (C=O) groups is 1. The standard InChI is InChI=1S/C26H29NO3/c1-17(2)26(29)14-18-8-7-9-19(15-26)27(18)25(28)30-16-24-22-12-5-3-10-20(22)21-11-4-6-13-23(21)24/h3-6,10-13,18-19,24,29H,1,7-9,14-16H2,2H3. The van der Waals surface area contributed by atoms with Gasteiger partial charge >= 0.3 is 6.09 Å². The Balaban J connectivity index is 1.34. The van der Waals surface area contributed by atoms with E-state index in [0.29, 0.717) is 19.4 Å². The Kier molecular flexibility index (Phi) is 4.70. The summed E-state index contributed by atoms with van der Waals surface area (Å²) in [6.07, 6.45) is 3.79. The molecule has 0 saturated carbocycles. The van der Waals surface area contributed by atoms with Gasteiger partial charge in [-0.15, -0.1) is 0 Å². The third kappa shape index (κ3) is 3.05. The van der Waals surface area contributed by atoms with Crippen LogP contribution in [0.3, 0.4) is 0 Å². The molecule has 3 aliphatic rings. The van der Waals surface area contributed by atoms with Crippen LogP contribution in [0.4, 0.5) is 4.79 Å². The normalized spacial score (nSPS) is 27.3. The lowest BCUT2D eigenvalue weighted by Gasteiger charge is -2.51. The van der Waals surface area contributed by atoms with Crippen LogP contribution in [0.2, 0.25) is 0 Å². The molecule has 156 valence electrons. The molecule has 2 unspecified atom stereocenters. The number of nitrogens with zero attached hydrogens (tertiary/aromatic N) is 1. The van der Waals surface area contributed by atoms with Gasteiger partial charge < -0.3 is 14.7 Å². The summed E-state index contributed by atoms with van der Waals surface area (Å²) in [5.74, 6) is 0.0679. The van der Waals surface area contributed by atoms with Crippen LogP contribution in [0.15, 0.2) is 60.7 Å². The summed E-state index contributed by atoms with van der Waals surface area (Å²) in [6, 6.07) is 16.8. The van der Waals surface area contributed by atoms with Crippen LogP contribution in [0.5, 0.6) is 0 Å². The number of piperidine rings is 2. The Morgan fingerprint density at radius 3 is 2.13 bits per heavy atom. The first-order valence-electron chi connectivity index (χ1n) is 11.0. The second kappa shape index (κ2) is 7.28. The minimum atomic E-state index is -0.865. The Morgan fingerprint density at radius 2 is 1.60 bits per heavy atom. The number of benzene rings is 2. The fourth-order valence-electron chi connectivity index (χ4n) is 5.74. The molecule has 2 aromatic carbocycles. The first kappa shape index (κ1) is 19.4. The SMILES string of the molecule is C=C(C)C1(O)CC2CCCC(C1)N2C(=O)OCC1c2ccccc2-c2ccccc21. The molecule has 0 radical (unpaired) electrons. The van der Waals surface area contributed by atoms with E-state index in [0.717, 1.165) is 24.8 Å². The molecule has 1 amide bonds. The number of ether oxygens (including phenoxy) is 1. The molecule has 2 heterocycles. The molecule has 0 spiro atoms. The highest BCUT2D eigenvalue weighted by molar-refractivity contribution is 5.79. The Labute approximate surface area is 178 Å². The van der Waals surface area contributed by atoms with Gasteiger partial charge in [-0.3, -0.25) is 0 Å². The van der Waals surface area contributed by atoms with Gasteiger partial charge in [-0.2, -0.15) is 0 Å². The molecule has 2 aliphatic heterocycles. The van der Waals surface area contributed by atoms with Crippen molar-refractivity contribution < 1.29 is 14.6 Å². The zero-order valence-electron chi connectivity index (χ0n) is 17.5. The number of rotatable bonds is 3. The maximum Gasteiger partial charge on any atom is 0.410 e. The van der Waals surface area contributed by atoms with Crippen molar-refractivity contribution in [3.05, 3.63) is 71.8 Å². The minimum absolute atomic E-state index is 0.0230. The Bertz CT molecular complexity index is 938. The lowest BCUT2D eigenvalue weighted by atomic mass is 9.73. The molecule has 4 heteroatoms. The third-order valence-electron chi connectivity index (χ3n) is 7.35. The first-order chi connectivity index (χ1) is 14.5. The molecule has 1 aliphatic carbocycles. The van der Waals surface area contributed by atoms with E-state index in [1.165, 1.54) is 22.3 Å². The Hall–Kier alpha value is -2.59. The van der Waals surface area contributed by atoms with Crippen LogP contribution in [0, 0.1) is 0 Å². The van der Waals surface area contributed by atoms with E-state index < -0.39 is 5.60 Å². The molecule has 2 bridgehead atoms. The van der Waals surface area contributed by atoms with Crippen molar-refractivity contribution in [2.24, 2.45) is 0 Å². The second-order valence-electron chi connectivity index (χ2n) is 9.17. The van der Waals surface area contributed by atoms with Crippen LogP contribution in [0.25, 0.3) is 11.1 Å². The van der Waals surface area contributed by atoms with Crippen molar-refractivity contribution in [2.75, 3.05) is 6.61 Å². The van der Waals surface area contributed by atoms with Gasteiger partial charge in [-0.25, -0.2) is 4.79 Å². The highest BCUT2D eigenvalue weighted by atomic mass is 16.6. The van der Waals surface area contributed by atoms with Gasteiger partial charge in [0, 0.05) is 30.8 Å². The molecule has 2 fully saturated rings. The van der Waals surface area contributed by atoms with E-state index in [9.17, 15) is 9.90 Å². The summed E-state index contributed by atoms with van der Waals surface area (Å²) in [5, 5.41) is 11.0. The molecule has 2 aromatic rings. The fraction of sp³-hybridized carbons (Fsp3) is 0.423. The number of fused-ring (bicyclic) bond motifs is 5. The van der Waals surface area contributed by atoms with Gasteiger partial charge in [0.1, 0.15) is 6.61 Å². The van der Waals surface area contributed by atoms with Gasteiger partial charge in [0.15, 0.2) is 0 Å². The van der Waals surface area contributed by atoms with Crippen LogP contribution < -0.4 is 0 Å². The molecule has 4 nitrogen and oxygen atoms in total. The largest absolute Gasteiger partial charge is 0.448 e. The van der Waals surface area contributed by atoms with Crippen LogP contribution in [-0.2, 0) is 4.74 Å². The van der Waals surface area contributed by atoms with E-state index in [-0.39, 0.29) is 24.1 Å². The van der Waals surface area contributed by atoms with Crippen molar-refractivity contribution >= 4 is 6.09 Å². The maximum atomic E-state index is 13.2. The van der Waals surface area contributed by atoms with Crippen molar-refractivity contribution in [1.82, 2.24) is 4.90 Å². The van der Waals surface area contributed by atoms with Crippen molar-refractivity contribution in [2.45, 2.75) is 62.6 Å². The quantitative estimate of drug-likeness (QED) is 0.711. The molecule has 1 N–H and O–H groups in total. The van der Waals surface area contributed by atoms with Crippen LogP contribution in [0.1, 0.15) is 56.1 Å². The van der Waals surface area contributed by atoms with Crippen molar-refractivity contribution in [3.8, 4) is 11.1 Å². The highest BCUT2D eigenvalue weighted by Crippen LogP contribution is 2.45. The number of amides is 1. The molecular formula is C26H29NO3. The molecule has 2 atom stereocenters. The van der Waals surface area contributed by atoms with Gasteiger partial charge in [0.25, 0.3) is 0 Å². The molecular weight excluding hydrogens is 374 g/mol. The monoisotopic (exact) mass is 403 g/mol. The van der Waals surface area contributed by atoms with Crippen molar-refractivity contribution in [1.29, 1.82) is 0 Å². The van der Waals surface area contributed by atoms with Gasteiger partial charge in [-0.05, 0) is 54.0 Å². The Morgan fingerprint density at radius 1 is 1.07 bits per heavy atom. The average molecular weight is 404 g/mol. The van der Waals surface area contributed by atoms with E-state index in [2.05, 4.69) is 43.0 Å². The van der Waals surface area contributed by atoms with E-state index in [1.807, 2.05) is 24.0 Å². The third-order valence-corrected chi connectivity index (χ3v) is 7.35. The van der Waals surface area contributed by atoms with Gasteiger partial charge in [0.05, 0.1) is 5.60 Å². The molecule has 5 rings (SSSR count). The number of aliphatic hydroxyl groups is 1. The van der Waals surface area contributed by atoms with E-state index >= 15 is 0 Å². The van der Waals surface area contributed by atoms with Gasteiger partial charge in [-0.1, -0.05) is 55.1 Å². The summed E-state index contributed by atoms with van der Waals surface area (Å²) < 4.78 is 5.93. The summed E-state index contributed by atoms with van der Waals surface area (Å²) in [6.45, 7) is 6.22.